The number of carbonyl (C=O) groups is 2. The van der Waals surface area contributed by atoms with Crippen molar-refractivity contribution in [3.05, 3.63) is 94.5 Å². The number of anilines is 1. The molecule has 0 heterocycles. The van der Waals surface area contributed by atoms with Gasteiger partial charge in [-0.05, 0) is 75.1 Å². The fourth-order valence-corrected chi connectivity index (χ4v) is 6.85. The van der Waals surface area contributed by atoms with Crippen molar-refractivity contribution in [3.8, 4) is 0 Å². The van der Waals surface area contributed by atoms with Crippen molar-refractivity contribution >= 4 is 39.1 Å². The lowest BCUT2D eigenvalue weighted by molar-refractivity contribution is -0.139. The summed E-state index contributed by atoms with van der Waals surface area (Å²) >= 11 is 6.02. The van der Waals surface area contributed by atoms with Crippen LogP contribution in [0.2, 0.25) is 5.02 Å². The number of aryl methyl sites for hydroxylation is 2. The molecule has 1 atom stereocenters. The number of hydrogen-bond acceptors (Lipinski definition) is 4. The molecule has 0 spiro atoms. The van der Waals surface area contributed by atoms with Crippen LogP contribution < -0.4 is 9.62 Å². The van der Waals surface area contributed by atoms with Crippen molar-refractivity contribution in [2.45, 2.75) is 76.4 Å². The van der Waals surface area contributed by atoms with E-state index in [0.29, 0.717) is 16.3 Å². The summed E-state index contributed by atoms with van der Waals surface area (Å²) in [6.45, 7) is 5.17. The SMILES string of the molecule is Cc1cccc(CN(C(=O)CN(c2ccccc2C)S(=O)(=O)c2ccc(Cl)cc2)C(C)C(=O)NC2CCCCC2)c1. The number of sulfonamides is 1. The quantitative estimate of drug-likeness (QED) is 0.311. The number of nitrogens with zero attached hydrogens (tertiary/aromatic N) is 2. The first-order valence-corrected chi connectivity index (χ1v) is 15.9. The van der Waals surface area contributed by atoms with Crippen LogP contribution in [0, 0.1) is 13.8 Å². The summed E-state index contributed by atoms with van der Waals surface area (Å²) in [6.07, 6.45) is 5.14. The van der Waals surface area contributed by atoms with Crippen LogP contribution in [-0.4, -0.2) is 43.8 Å². The lowest BCUT2D eigenvalue weighted by Gasteiger charge is -2.33. The highest BCUT2D eigenvalue weighted by molar-refractivity contribution is 7.92. The molecule has 0 aromatic heterocycles. The van der Waals surface area contributed by atoms with Gasteiger partial charge in [0.1, 0.15) is 12.6 Å². The van der Waals surface area contributed by atoms with Gasteiger partial charge in [0.2, 0.25) is 11.8 Å². The minimum absolute atomic E-state index is 0.0197. The molecule has 0 radical (unpaired) electrons. The van der Waals surface area contributed by atoms with Gasteiger partial charge in [0.15, 0.2) is 0 Å². The predicted molar refractivity (Wildman–Crippen MR) is 163 cm³/mol. The van der Waals surface area contributed by atoms with Gasteiger partial charge in [-0.3, -0.25) is 13.9 Å². The minimum Gasteiger partial charge on any atom is -0.352 e. The second-order valence-corrected chi connectivity index (χ2v) is 13.1. The number of nitrogens with one attached hydrogen (secondary N) is 1. The smallest absolute Gasteiger partial charge is 0.264 e. The van der Waals surface area contributed by atoms with Gasteiger partial charge in [0.25, 0.3) is 10.0 Å². The van der Waals surface area contributed by atoms with Crippen molar-refractivity contribution in [2.24, 2.45) is 0 Å². The molecule has 218 valence electrons. The average molecular weight is 596 g/mol. The molecule has 0 bridgehead atoms. The Morgan fingerprint density at radius 1 is 0.951 bits per heavy atom. The Balaban J connectivity index is 1.68. The first-order chi connectivity index (χ1) is 19.6. The van der Waals surface area contributed by atoms with Gasteiger partial charge in [-0.2, -0.15) is 0 Å². The standard InChI is InChI=1S/C32H38ClN3O4S/c1-23-10-9-12-26(20-23)21-35(25(3)32(38)34-28-13-5-4-6-14-28)31(37)22-36(30-15-8-7-11-24(30)2)41(39,40)29-18-16-27(33)17-19-29/h7-12,15-20,25,28H,4-6,13-14,21-22H2,1-3H3,(H,34,38). The number of benzene rings is 3. The topological polar surface area (TPSA) is 86.8 Å². The normalized spacial score (nSPS) is 14.7. The van der Waals surface area contributed by atoms with Crippen LogP contribution in [0.1, 0.15) is 55.7 Å². The maximum absolute atomic E-state index is 14.1. The first-order valence-electron chi connectivity index (χ1n) is 14.1. The van der Waals surface area contributed by atoms with Crippen LogP contribution in [0.4, 0.5) is 5.69 Å². The molecule has 0 aliphatic heterocycles. The number of rotatable bonds is 10. The van der Waals surface area contributed by atoms with Crippen LogP contribution in [0.15, 0.2) is 77.7 Å². The fraction of sp³-hybridized carbons (Fsp3) is 0.375. The summed E-state index contributed by atoms with van der Waals surface area (Å²) in [7, 11) is -4.14. The van der Waals surface area contributed by atoms with E-state index in [2.05, 4.69) is 5.32 Å². The lowest BCUT2D eigenvalue weighted by Crippen LogP contribution is -2.53. The summed E-state index contributed by atoms with van der Waals surface area (Å²) in [5.74, 6) is -0.709. The molecule has 1 aliphatic carbocycles. The van der Waals surface area contributed by atoms with Crippen LogP contribution in [0.3, 0.4) is 0 Å². The zero-order valence-electron chi connectivity index (χ0n) is 23.8. The summed E-state index contributed by atoms with van der Waals surface area (Å²) < 4.78 is 29.0. The van der Waals surface area contributed by atoms with Crippen molar-refractivity contribution in [1.82, 2.24) is 10.2 Å². The van der Waals surface area contributed by atoms with E-state index in [4.69, 9.17) is 11.6 Å². The summed E-state index contributed by atoms with van der Waals surface area (Å²) in [5, 5.41) is 3.54. The maximum Gasteiger partial charge on any atom is 0.264 e. The van der Waals surface area contributed by atoms with E-state index in [1.165, 1.54) is 29.2 Å². The highest BCUT2D eigenvalue weighted by atomic mass is 35.5. The highest BCUT2D eigenvalue weighted by Gasteiger charge is 2.33. The molecule has 3 aromatic carbocycles. The van der Waals surface area contributed by atoms with Crippen molar-refractivity contribution < 1.29 is 18.0 Å². The third-order valence-corrected chi connectivity index (χ3v) is 9.64. The molecule has 4 rings (SSSR count). The summed E-state index contributed by atoms with van der Waals surface area (Å²) in [6, 6.07) is 19.9. The van der Waals surface area contributed by atoms with Gasteiger partial charge in [-0.15, -0.1) is 0 Å². The molecule has 1 N–H and O–H groups in total. The number of halogens is 1. The second-order valence-electron chi connectivity index (χ2n) is 10.8. The first kappa shape index (κ1) is 30.6. The number of para-hydroxylation sites is 1. The van der Waals surface area contributed by atoms with Crippen molar-refractivity contribution in [1.29, 1.82) is 0 Å². The molecule has 1 fully saturated rings. The van der Waals surface area contributed by atoms with Gasteiger partial charge in [-0.1, -0.05) is 78.9 Å². The Bertz CT molecular complexity index is 1470. The van der Waals surface area contributed by atoms with Gasteiger partial charge < -0.3 is 10.2 Å². The van der Waals surface area contributed by atoms with Crippen LogP contribution >= 0.6 is 11.6 Å². The van der Waals surface area contributed by atoms with Gasteiger partial charge in [-0.25, -0.2) is 8.42 Å². The lowest BCUT2D eigenvalue weighted by atomic mass is 9.95. The van der Waals surface area contributed by atoms with Gasteiger partial charge in [0, 0.05) is 17.6 Å². The van der Waals surface area contributed by atoms with Crippen LogP contribution in [0.5, 0.6) is 0 Å². The molecule has 3 aromatic rings. The summed E-state index contributed by atoms with van der Waals surface area (Å²) in [5.41, 5.74) is 2.98. The van der Waals surface area contributed by atoms with Crippen LogP contribution in [0.25, 0.3) is 0 Å². The molecular weight excluding hydrogens is 558 g/mol. The largest absolute Gasteiger partial charge is 0.352 e. The molecule has 41 heavy (non-hydrogen) atoms. The summed E-state index contributed by atoms with van der Waals surface area (Å²) in [4.78, 5) is 29.0. The second kappa shape index (κ2) is 13.5. The Hall–Kier alpha value is -3.36. The molecule has 7 nitrogen and oxygen atoms in total. The zero-order valence-corrected chi connectivity index (χ0v) is 25.4. The van der Waals surface area contributed by atoms with Crippen molar-refractivity contribution in [2.75, 3.05) is 10.8 Å². The Labute approximate surface area is 248 Å². The highest BCUT2D eigenvalue weighted by Crippen LogP contribution is 2.28. The van der Waals surface area contributed by atoms with Crippen molar-refractivity contribution in [3.63, 3.8) is 0 Å². The Morgan fingerprint density at radius 3 is 2.29 bits per heavy atom. The van der Waals surface area contributed by atoms with E-state index in [1.807, 2.05) is 37.3 Å². The zero-order chi connectivity index (χ0) is 29.6. The van der Waals surface area contributed by atoms with Gasteiger partial charge >= 0.3 is 0 Å². The molecule has 0 saturated heterocycles. The fourth-order valence-electron chi connectivity index (χ4n) is 5.25. The predicted octanol–water partition coefficient (Wildman–Crippen LogP) is 6.02. The number of hydrogen-bond donors (Lipinski definition) is 1. The van der Waals surface area contributed by atoms with E-state index in [9.17, 15) is 18.0 Å². The third kappa shape index (κ3) is 7.68. The van der Waals surface area contributed by atoms with E-state index in [0.717, 1.165) is 47.5 Å². The van der Waals surface area contributed by atoms with E-state index < -0.39 is 28.5 Å². The monoisotopic (exact) mass is 595 g/mol. The number of amides is 2. The molecule has 2 amide bonds. The molecule has 1 saturated carbocycles. The van der Waals surface area contributed by atoms with E-state index in [-0.39, 0.29) is 23.4 Å². The maximum atomic E-state index is 14.1. The minimum atomic E-state index is -4.14. The third-order valence-electron chi connectivity index (χ3n) is 7.62. The molecule has 1 unspecified atom stereocenters. The van der Waals surface area contributed by atoms with Gasteiger partial charge in [0.05, 0.1) is 10.6 Å². The average Bonchev–Trinajstić information content (AvgIpc) is 2.95. The Kier molecular flexibility index (Phi) is 10.1. The van der Waals surface area contributed by atoms with E-state index >= 15 is 0 Å². The van der Waals surface area contributed by atoms with Crippen LogP contribution in [-0.2, 0) is 26.2 Å². The van der Waals surface area contributed by atoms with E-state index in [1.54, 1.807) is 32.0 Å². The molecule has 9 heteroatoms. The number of carbonyl (C=O) groups excluding carboxylic acids is 2. The molecular formula is C32H38ClN3O4S. The Morgan fingerprint density at radius 2 is 1.63 bits per heavy atom. The molecule has 1 aliphatic rings.